The number of ether oxygens (including phenoxy) is 1. The average Bonchev–Trinajstić information content (AvgIpc) is 2.47. The minimum Gasteiger partial charge on any atom is -0.496 e. The van der Waals surface area contributed by atoms with Crippen LogP contribution in [0.3, 0.4) is 0 Å². The summed E-state index contributed by atoms with van der Waals surface area (Å²) in [5.41, 5.74) is 8.10. The van der Waals surface area contributed by atoms with Crippen LogP contribution in [0.25, 0.3) is 0 Å². The second-order valence-corrected chi connectivity index (χ2v) is 6.09. The number of methoxy groups -OCH3 is 1. The van der Waals surface area contributed by atoms with Crippen molar-refractivity contribution >= 4 is 10.8 Å². The lowest BCUT2D eigenvalue weighted by molar-refractivity contribution is 0.407. The third-order valence-corrected chi connectivity index (χ3v) is 4.82. The van der Waals surface area contributed by atoms with E-state index in [2.05, 4.69) is 0 Å². The molecule has 0 aromatic heterocycles. The predicted molar refractivity (Wildman–Crippen MR) is 82.4 cm³/mol. The second kappa shape index (κ2) is 6.68. The van der Waals surface area contributed by atoms with Gasteiger partial charge in [0, 0.05) is 22.3 Å². The summed E-state index contributed by atoms with van der Waals surface area (Å²) in [6.45, 7) is 1.96. The highest BCUT2D eigenvalue weighted by Gasteiger charge is 2.16. The van der Waals surface area contributed by atoms with Crippen LogP contribution in [0.1, 0.15) is 17.2 Å². The van der Waals surface area contributed by atoms with Crippen LogP contribution in [0.15, 0.2) is 53.4 Å². The maximum Gasteiger partial charge on any atom is 0.123 e. The van der Waals surface area contributed by atoms with Crippen molar-refractivity contribution in [2.45, 2.75) is 17.9 Å². The molecule has 0 spiro atoms. The van der Waals surface area contributed by atoms with Crippen molar-refractivity contribution in [3.05, 3.63) is 59.7 Å². The molecule has 2 rings (SSSR count). The number of nitrogens with two attached hydrogens (primary N) is 1. The van der Waals surface area contributed by atoms with Gasteiger partial charge < -0.3 is 10.5 Å². The van der Waals surface area contributed by atoms with Gasteiger partial charge in [-0.2, -0.15) is 0 Å². The van der Waals surface area contributed by atoms with Gasteiger partial charge in [-0.1, -0.05) is 36.4 Å². The van der Waals surface area contributed by atoms with E-state index in [4.69, 9.17) is 10.5 Å². The molecule has 3 nitrogen and oxygen atoms in total. The molecule has 0 radical (unpaired) electrons. The van der Waals surface area contributed by atoms with E-state index in [1.54, 1.807) is 7.11 Å². The topological polar surface area (TPSA) is 52.3 Å². The number of benzene rings is 2. The number of hydrogen-bond donors (Lipinski definition) is 1. The first-order valence-corrected chi connectivity index (χ1v) is 7.78. The van der Waals surface area contributed by atoms with Gasteiger partial charge in [-0.05, 0) is 24.6 Å². The van der Waals surface area contributed by atoms with E-state index < -0.39 is 10.8 Å². The maximum absolute atomic E-state index is 12.4. The molecule has 0 aliphatic heterocycles. The summed E-state index contributed by atoms with van der Waals surface area (Å²) in [5, 5.41) is 0. The fourth-order valence-electron chi connectivity index (χ4n) is 2.13. The van der Waals surface area contributed by atoms with Crippen molar-refractivity contribution in [2.24, 2.45) is 5.73 Å². The minimum atomic E-state index is -1.12. The monoisotopic (exact) mass is 289 g/mol. The zero-order valence-corrected chi connectivity index (χ0v) is 12.5. The van der Waals surface area contributed by atoms with Crippen LogP contribution in [-0.4, -0.2) is 17.1 Å². The molecule has 20 heavy (non-hydrogen) atoms. The fraction of sp³-hybridized carbons (Fsp3) is 0.250. The Hall–Kier alpha value is -1.65. The van der Waals surface area contributed by atoms with Gasteiger partial charge in [0.05, 0.1) is 17.9 Å². The van der Waals surface area contributed by atoms with E-state index in [-0.39, 0.29) is 6.04 Å². The first-order chi connectivity index (χ1) is 9.63. The Balaban J connectivity index is 2.18. The van der Waals surface area contributed by atoms with Gasteiger partial charge in [-0.25, -0.2) is 0 Å². The van der Waals surface area contributed by atoms with Gasteiger partial charge in [0.25, 0.3) is 0 Å². The van der Waals surface area contributed by atoms with E-state index in [0.29, 0.717) is 5.75 Å². The Bertz CT molecular complexity index is 613. The number of hydrogen-bond acceptors (Lipinski definition) is 3. The number of rotatable bonds is 5. The third kappa shape index (κ3) is 3.26. The maximum atomic E-state index is 12.4. The second-order valence-electron chi connectivity index (χ2n) is 4.63. The van der Waals surface area contributed by atoms with E-state index in [1.165, 1.54) is 0 Å². The summed E-state index contributed by atoms with van der Waals surface area (Å²) < 4.78 is 17.7. The van der Waals surface area contributed by atoms with Crippen LogP contribution in [0.5, 0.6) is 5.75 Å². The van der Waals surface area contributed by atoms with Crippen molar-refractivity contribution in [1.82, 2.24) is 0 Å². The van der Waals surface area contributed by atoms with Crippen LogP contribution >= 0.6 is 0 Å². The smallest absolute Gasteiger partial charge is 0.123 e. The van der Waals surface area contributed by atoms with Crippen LogP contribution in [0.2, 0.25) is 0 Å². The largest absolute Gasteiger partial charge is 0.496 e. The molecule has 0 bridgehead atoms. The molecule has 2 aromatic rings. The van der Waals surface area contributed by atoms with Gasteiger partial charge in [-0.15, -0.1) is 0 Å². The molecule has 0 amide bonds. The lowest BCUT2D eigenvalue weighted by Crippen LogP contribution is -2.19. The Morgan fingerprint density at radius 1 is 1.15 bits per heavy atom. The van der Waals surface area contributed by atoms with Crippen LogP contribution in [-0.2, 0) is 10.8 Å². The molecule has 0 saturated heterocycles. The Morgan fingerprint density at radius 2 is 1.80 bits per heavy atom. The van der Waals surface area contributed by atoms with Crippen molar-refractivity contribution < 1.29 is 8.95 Å². The van der Waals surface area contributed by atoms with Crippen LogP contribution in [0.4, 0.5) is 0 Å². The highest BCUT2D eigenvalue weighted by Crippen LogP contribution is 2.25. The van der Waals surface area contributed by atoms with Gasteiger partial charge in [-0.3, -0.25) is 4.21 Å². The standard InChI is InChI=1S/C16H19NO2S/c1-12-7-3-6-10-16(12)20(18)11-14(17)13-8-4-5-9-15(13)19-2/h3-10,14H,11,17H2,1-2H3. The molecular weight excluding hydrogens is 270 g/mol. The van der Waals surface area contributed by atoms with Crippen molar-refractivity contribution in [2.75, 3.05) is 12.9 Å². The van der Waals surface area contributed by atoms with E-state index in [9.17, 15) is 4.21 Å². The summed E-state index contributed by atoms with van der Waals surface area (Å²) in [5.74, 6) is 1.12. The van der Waals surface area contributed by atoms with Crippen LogP contribution < -0.4 is 10.5 Å². The van der Waals surface area contributed by atoms with Crippen LogP contribution in [0, 0.1) is 6.92 Å². The molecule has 4 heteroatoms. The van der Waals surface area contributed by atoms with E-state index in [1.807, 2.05) is 55.5 Å². The van der Waals surface area contributed by atoms with E-state index >= 15 is 0 Å². The molecule has 0 fully saturated rings. The fourth-order valence-corrected chi connectivity index (χ4v) is 3.47. The molecular formula is C16H19NO2S. The molecule has 2 unspecified atom stereocenters. The summed E-state index contributed by atoms with van der Waals surface area (Å²) in [4.78, 5) is 0.845. The normalized spacial score (nSPS) is 13.8. The van der Waals surface area contributed by atoms with Crippen molar-refractivity contribution in [3.63, 3.8) is 0 Å². The van der Waals surface area contributed by atoms with Crippen molar-refractivity contribution in [3.8, 4) is 5.75 Å². The van der Waals surface area contributed by atoms with Gasteiger partial charge in [0.15, 0.2) is 0 Å². The Labute approximate surface area is 122 Å². The molecule has 2 N–H and O–H groups in total. The SMILES string of the molecule is COc1ccccc1C(N)CS(=O)c1ccccc1C. The predicted octanol–water partition coefficient (Wildman–Crippen LogP) is 2.81. The van der Waals surface area contributed by atoms with Crippen molar-refractivity contribution in [1.29, 1.82) is 0 Å². The van der Waals surface area contributed by atoms with Gasteiger partial charge in [0.1, 0.15) is 5.75 Å². The third-order valence-electron chi connectivity index (χ3n) is 3.21. The molecule has 2 atom stereocenters. The zero-order valence-electron chi connectivity index (χ0n) is 11.7. The van der Waals surface area contributed by atoms with Gasteiger partial charge in [0.2, 0.25) is 0 Å². The quantitative estimate of drug-likeness (QED) is 0.921. The first kappa shape index (κ1) is 14.8. The zero-order chi connectivity index (χ0) is 14.5. The molecule has 106 valence electrons. The average molecular weight is 289 g/mol. The number of para-hydroxylation sites is 1. The highest BCUT2D eigenvalue weighted by molar-refractivity contribution is 7.85. The summed E-state index contributed by atoms with van der Waals surface area (Å²) in [7, 11) is 0.499. The lowest BCUT2D eigenvalue weighted by Gasteiger charge is -2.15. The molecule has 0 aliphatic rings. The molecule has 0 heterocycles. The summed E-state index contributed by atoms with van der Waals surface area (Å²) >= 11 is 0. The Kier molecular flexibility index (Phi) is 4.93. The molecule has 2 aromatic carbocycles. The van der Waals surface area contributed by atoms with Gasteiger partial charge >= 0.3 is 0 Å². The Morgan fingerprint density at radius 3 is 2.50 bits per heavy atom. The minimum absolute atomic E-state index is 0.313. The highest BCUT2D eigenvalue weighted by atomic mass is 32.2. The number of aryl methyl sites for hydroxylation is 1. The molecule has 0 aliphatic carbocycles. The summed E-state index contributed by atoms with van der Waals surface area (Å²) in [6.07, 6.45) is 0. The summed E-state index contributed by atoms with van der Waals surface area (Å²) in [6, 6.07) is 15.0. The lowest BCUT2D eigenvalue weighted by atomic mass is 10.1. The first-order valence-electron chi connectivity index (χ1n) is 6.46. The molecule has 0 saturated carbocycles. The van der Waals surface area contributed by atoms with E-state index in [0.717, 1.165) is 21.8 Å².